The zero-order valence-corrected chi connectivity index (χ0v) is 14.2. The van der Waals surface area contributed by atoms with Gasteiger partial charge in [0.25, 0.3) is 0 Å². The number of rotatable bonds is 6. The molecule has 1 unspecified atom stereocenters. The standard InChI is InChI=1S/C18H24N4O/c1-5-22-16-9-7-6-8-14(16)21-18(22)13(4)19-10-15-17(12(2)3)23-11-20-15/h6-9,11-13,19H,5,10H2,1-4H3. The van der Waals surface area contributed by atoms with Crippen LogP contribution in [0.3, 0.4) is 0 Å². The van der Waals surface area contributed by atoms with Crippen molar-refractivity contribution in [2.75, 3.05) is 0 Å². The summed E-state index contributed by atoms with van der Waals surface area (Å²) in [7, 11) is 0. The van der Waals surface area contributed by atoms with E-state index in [1.807, 2.05) is 6.07 Å². The zero-order valence-electron chi connectivity index (χ0n) is 14.2. The lowest BCUT2D eigenvalue weighted by molar-refractivity contribution is 0.469. The molecule has 0 saturated carbocycles. The van der Waals surface area contributed by atoms with Crippen molar-refractivity contribution in [3.05, 3.63) is 47.9 Å². The fourth-order valence-corrected chi connectivity index (χ4v) is 2.98. The molecule has 0 bridgehead atoms. The molecule has 3 aromatic rings. The molecule has 0 saturated heterocycles. The molecular weight excluding hydrogens is 288 g/mol. The lowest BCUT2D eigenvalue weighted by atomic mass is 10.1. The van der Waals surface area contributed by atoms with Crippen molar-refractivity contribution in [3.63, 3.8) is 0 Å². The summed E-state index contributed by atoms with van der Waals surface area (Å²) in [6.07, 6.45) is 1.53. The Morgan fingerprint density at radius 3 is 2.74 bits per heavy atom. The Hall–Kier alpha value is -2.14. The van der Waals surface area contributed by atoms with Crippen LogP contribution in [0.1, 0.15) is 56.9 Å². The van der Waals surface area contributed by atoms with Crippen molar-refractivity contribution in [3.8, 4) is 0 Å². The van der Waals surface area contributed by atoms with E-state index >= 15 is 0 Å². The second kappa shape index (κ2) is 6.54. The van der Waals surface area contributed by atoms with Crippen LogP contribution >= 0.6 is 0 Å². The van der Waals surface area contributed by atoms with Crippen LogP contribution in [0.25, 0.3) is 11.0 Å². The number of oxazole rings is 1. The Balaban J connectivity index is 1.81. The van der Waals surface area contributed by atoms with Crippen LogP contribution in [0.2, 0.25) is 0 Å². The topological polar surface area (TPSA) is 55.9 Å². The van der Waals surface area contributed by atoms with E-state index in [2.05, 4.69) is 60.8 Å². The van der Waals surface area contributed by atoms with Gasteiger partial charge in [-0.25, -0.2) is 9.97 Å². The Morgan fingerprint density at radius 1 is 1.22 bits per heavy atom. The van der Waals surface area contributed by atoms with Gasteiger partial charge in [0.1, 0.15) is 11.6 Å². The highest BCUT2D eigenvalue weighted by Crippen LogP contribution is 2.22. The van der Waals surface area contributed by atoms with E-state index in [9.17, 15) is 0 Å². The first-order chi connectivity index (χ1) is 11.1. The van der Waals surface area contributed by atoms with Gasteiger partial charge < -0.3 is 14.3 Å². The minimum absolute atomic E-state index is 0.138. The van der Waals surface area contributed by atoms with Crippen molar-refractivity contribution in [2.45, 2.75) is 52.7 Å². The minimum Gasteiger partial charge on any atom is -0.448 e. The number of para-hydroxylation sites is 2. The molecule has 0 aliphatic rings. The second-order valence-electron chi connectivity index (χ2n) is 6.12. The van der Waals surface area contributed by atoms with Gasteiger partial charge in [-0.2, -0.15) is 0 Å². The van der Waals surface area contributed by atoms with Crippen LogP contribution in [-0.4, -0.2) is 14.5 Å². The summed E-state index contributed by atoms with van der Waals surface area (Å²) in [5.41, 5.74) is 3.20. The van der Waals surface area contributed by atoms with Crippen molar-refractivity contribution in [2.24, 2.45) is 0 Å². The number of aromatic nitrogens is 3. The molecule has 0 spiro atoms. The summed E-state index contributed by atoms with van der Waals surface area (Å²) in [5.74, 6) is 2.35. The lowest BCUT2D eigenvalue weighted by Crippen LogP contribution is -2.22. The molecule has 0 fully saturated rings. The highest BCUT2D eigenvalue weighted by molar-refractivity contribution is 5.76. The van der Waals surface area contributed by atoms with Gasteiger partial charge in [0.2, 0.25) is 0 Å². The van der Waals surface area contributed by atoms with E-state index in [-0.39, 0.29) is 6.04 Å². The van der Waals surface area contributed by atoms with E-state index in [0.717, 1.165) is 29.3 Å². The average molecular weight is 312 g/mol. The normalized spacial score (nSPS) is 13.1. The van der Waals surface area contributed by atoms with Crippen molar-refractivity contribution < 1.29 is 4.42 Å². The molecule has 0 aliphatic carbocycles. The molecule has 1 aromatic carbocycles. The third kappa shape index (κ3) is 3.01. The molecule has 0 aliphatic heterocycles. The van der Waals surface area contributed by atoms with Gasteiger partial charge in [0, 0.05) is 19.0 Å². The molecule has 0 radical (unpaired) electrons. The van der Waals surface area contributed by atoms with Crippen molar-refractivity contribution in [1.29, 1.82) is 0 Å². The first kappa shape index (κ1) is 15.7. The van der Waals surface area contributed by atoms with Gasteiger partial charge in [-0.3, -0.25) is 0 Å². The van der Waals surface area contributed by atoms with Gasteiger partial charge in [0.05, 0.1) is 22.8 Å². The summed E-state index contributed by atoms with van der Waals surface area (Å²) in [5, 5.41) is 3.53. The van der Waals surface area contributed by atoms with E-state index in [0.29, 0.717) is 12.5 Å². The second-order valence-corrected chi connectivity index (χ2v) is 6.12. The highest BCUT2D eigenvalue weighted by Gasteiger charge is 2.17. The quantitative estimate of drug-likeness (QED) is 0.747. The van der Waals surface area contributed by atoms with Crippen molar-refractivity contribution >= 4 is 11.0 Å². The SMILES string of the molecule is CCn1c(C(C)NCc2ncoc2C(C)C)nc2ccccc21. The minimum atomic E-state index is 0.138. The number of hydrogen-bond donors (Lipinski definition) is 1. The third-order valence-corrected chi connectivity index (χ3v) is 4.16. The van der Waals surface area contributed by atoms with Gasteiger partial charge in [-0.15, -0.1) is 0 Å². The Kier molecular flexibility index (Phi) is 4.48. The number of hydrogen-bond acceptors (Lipinski definition) is 4. The summed E-state index contributed by atoms with van der Waals surface area (Å²) in [6.45, 7) is 10.1. The summed E-state index contributed by atoms with van der Waals surface area (Å²) in [6, 6.07) is 8.41. The molecule has 1 N–H and O–H groups in total. The van der Waals surface area contributed by atoms with Gasteiger partial charge >= 0.3 is 0 Å². The lowest BCUT2D eigenvalue weighted by Gasteiger charge is -2.15. The highest BCUT2D eigenvalue weighted by atomic mass is 16.3. The predicted molar refractivity (Wildman–Crippen MR) is 91.3 cm³/mol. The van der Waals surface area contributed by atoms with Crippen LogP contribution in [-0.2, 0) is 13.1 Å². The number of imidazole rings is 1. The monoisotopic (exact) mass is 312 g/mol. The van der Waals surface area contributed by atoms with Crippen LogP contribution in [0.15, 0.2) is 35.1 Å². The Labute approximate surface area is 136 Å². The molecule has 122 valence electrons. The van der Waals surface area contributed by atoms with Gasteiger partial charge in [0.15, 0.2) is 6.39 Å². The molecule has 0 amide bonds. The van der Waals surface area contributed by atoms with E-state index in [1.165, 1.54) is 11.9 Å². The van der Waals surface area contributed by atoms with Crippen LogP contribution < -0.4 is 5.32 Å². The average Bonchev–Trinajstić information content (AvgIpc) is 3.16. The summed E-state index contributed by atoms with van der Waals surface area (Å²) < 4.78 is 7.75. The summed E-state index contributed by atoms with van der Waals surface area (Å²) >= 11 is 0. The number of nitrogens with zero attached hydrogens (tertiary/aromatic N) is 3. The molecule has 5 heteroatoms. The van der Waals surface area contributed by atoms with E-state index in [1.54, 1.807) is 0 Å². The number of aryl methyl sites for hydroxylation is 1. The molecule has 2 aromatic heterocycles. The fourth-order valence-electron chi connectivity index (χ4n) is 2.98. The number of fused-ring (bicyclic) bond motifs is 1. The zero-order chi connectivity index (χ0) is 16.4. The first-order valence-electron chi connectivity index (χ1n) is 8.22. The molecule has 3 rings (SSSR count). The van der Waals surface area contributed by atoms with Crippen molar-refractivity contribution in [1.82, 2.24) is 19.9 Å². The Bertz CT molecular complexity index is 787. The van der Waals surface area contributed by atoms with Crippen LogP contribution in [0, 0.1) is 0 Å². The molecule has 1 atom stereocenters. The van der Waals surface area contributed by atoms with Crippen LogP contribution in [0.5, 0.6) is 0 Å². The van der Waals surface area contributed by atoms with Gasteiger partial charge in [-0.1, -0.05) is 26.0 Å². The summed E-state index contributed by atoms with van der Waals surface area (Å²) in [4.78, 5) is 9.13. The van der Waals surface area contributed by atoms with Gasteiger partial charge in [-0.05, 0) is 26.0 Å². The fraction of sp³-hybridized carbons (Fsp3) is 0.444. The maximum absolute atomic E-state index is 5.49. The van der Waals surface area contributed by atoms with Crippen LogP contribution in [0.4, 0.5) is 0 Å². The first-order valence-corrected chi connectivity index (χ1v) is 8.22. The molecule has 23 heavy (non-hydrogen) atoms. The van der Waals surface area contributed by atoms with E-state index < -0.39 is 0 Å². The third-order valence-electron chi connectivity index (χ3n) is 4.16. The smallest absolute Gasteiger partial charge is 0.181 e. The molecule has 2 heterocycles. The maximum Gasteiger partial charge on any atom is 0.181 e. The number of benzene rings is 1. The molecular formula is C18H24N4O. The molecule has 5 nitrogen and oxygen atoms in total. The van der Waals surface area contributed by atoms with E-state index in [4.69, 9.17) is 9.40 Å². The Morgan fingerprint density at radius 2 is 2.00 bits per heavy atom. The largest absolute Gasteiger partial charge is 0.448 e. The maximum atomic E-state index is 5.49. The number of nitrogens with one attached hydrogen (secondary N) is 1. The predicted octanol–water partition coefficient (Wildman–Crippen LogP) is 4.02.